The molecule has 0 aliphatic carbocycles. The summed E-state index contributed by atoms with van der Waals surface area (Å²) in [6.07, 6.45) is -0.267. The Labute approximate surface area is 192 Å². The maximum absolute atomic E-state index is 13.9. The molecule has 33 heavy (non-hydrogen) atoms. The molecule has 2 atom stereocenters. The molecule has 0 bridgehead atoms. The zero-order valence-electron chi connectivity index (χ0n) is 18.2. The largest absolute Gasteiger partial charge is 0.447 e. The van der Waals surface area contributed by atoms with Gasteiger partial charge in [-0.3, -0.25) is 4.79 Å². The van der Waals surface area contributed by atoms with Crippen LogP contribution in [-0.2, 0) is 21.4 Å². The number of hydrogen-bond donors (Lipinski definition) is 0. The monoisotopic (exact) mass is 440 g/mol. The van der Waals surface area contributed by atoms with E-state index in [1.807, 2.05) is 97.9 Å². The third-order valence-corrected chi connectivity index (χ3v) is 6.21. The number of amides is 2. The quantitative estimate of drug-likeness (QED) is 0.285. The van der Waals surface area contributed by atoms with E-state index in [0.29, 0.717) is 6.42 Å². The van der Waals surface area contributed by atoms with Crippen LogP contribution in [0.5, 0.6) is 0 Å². The van der Waals surface area contributed by atoms with Crippen molar-refractivity contribution in [1.82, 2.24) is 4.90 Å². The number of nitrogens with zero attached hydrogens (tertiary/aromatic N) is 4. The standard InChI is InChI=1S/C26H24N4O3/c1-26(20-13-7-3-8-14-20,21-15-9-4-10-16-21)23(28-29-27)24(31)30-22(18-33-25(30)32)17-19-11-5-2-6-12-19/h2-16,22-23H,17-18H2,1H3/t22-,23+/m0/s1. The van der Waals surface area contributed by atoms with Gasteiger partial charge in [-0.1, -0.05) is 103 Å². The van der Waals surface area contributed by atoms with E-state index in [2.05, 4.69) is 10.0 Å². The molecule has 2 amide bonds. The summed E-state index contributed by atoms with van der Waals surface area (Å²) in [5.74, 6) is -0.577. The molecule has 7 nitrogen and oxygen atoms in total. The van der Waals surface area contributed by atoms with Crippen molar-refractivity contribution in [2.24, 2.45) is 5.11 Å². The van der Waals surface area contributed by atoms with Crippen molar-refractivity contribution in [3.8, 4) is 0 Å². The van der Waals surface area contributed by atoms with E-state index in [-0.39, 0.29) is 6.61 Å². The second-order valence-corrected chi connectivity index (χ2v) is 8.17. The van der Waals surface area contributed by atoms with Crippen LogP contribution < -0.4 is 0 Å². The van der Waals surface area contributed by atoms with Gasteiger partial charge >= 0.3 is 6.09 Å². The predicted molar refractivity (Wildman–Crippen MR) is 124 cm³/mol. The summed E-state index contributed by atoms with van der Waals surface area (Å²) >= 11 is 0. The minimum absolute atomic E-state index is 0.0931. The first-order valence-corrected chi connectivity index (χ1v) is 10.7. The van der Waals surface area contributed by atoms with Crippen molar-refractivity contribution < 1.29 is 14.3 Å². The SMILES string of the molecule is CC(c1ccccc1)(c1ccccc1)[C@H](N=[N+]=[N-])C(=O)N1C(=O)OC[C@@H]1Cc1ccccc1. The first-order valence-electron chi connectivity index (χ1n) is 10.7. The predicted octanol–water partition coefficient (Wildman–Crippen LogP) is 5.26. The highest BCUT2D eigenvalue weighted by atomic mass is 16.6. The highest BCUT2D eigenvalue weighted by Gasteiger charge is 2.48. The van der Waals surface area contributed by atoms with Crippen LogP contribution in [-0.4, -0.2) is 35.6 Å². The zero-order chi connectivity index (χ0) is 23.3. The number of rotatable bonds is 7. The molecular formula is C26H24N4O3. The molecule has 0 saturated carbocycles. The Morgan fingerprint density at radius 3 is 2.06 bits per heavy atom. The fourth-order valence-electron chi connectivity index (χ4n) is 4.41. The van der Waals surface area contributed by atoms with Gasteiger partial charge in [0.1, 0.15) is 12.6 Å². The summed E-state index contributed by atoms with van der Waals surface area (Å²) in [7, 11) is 0. The molecule has 0 unspecified atom stereocenters. The number of benzene rings is 3. The van der Waals surface area contributed by atoms with Gasteiger partial charge in [-0.25, -0.2) is 9.69 Å². The summed E-state index contributed by atoms with van der Waals surface area (Å²) in [6.45, 7) is 1.96. The maximum Gasteiger partial charge on any atom is 0.416 e. The third kappa shape index (κ3) is 4.31. The Morgan fingerprint density at radius 1 is 1.03 bits per heavy atom. The molecule has 1 aliphatic rings. The second kappa shape index (κ2) is 9.59. The average Bonchev–Trinajstić information content (AvgIpc) is 3.23. The van der Waals surface area contributed by atoms with Gasteiger partial charge in [0, 0.05) is 10.3 Å². The van der Waals surface area contributed by atoms with E-state index in [0.717, 1.165) is 21.6 Å². The van der Waals surface area contributed by atoms with Gasteiger partial charge in [0.05, 0.1) is 6.04 Å². The van der Waals surface area contributed by atoms with E-state index in [4.69, 9.17) is 4.74 Å². The fraction of sp³-hybridized carbons (Fsp3) is 0.231. The Kier molecular flexibility index (Phi) is 6.43. The molecule has 0 N–H and O–H groups in total. The lowest BCUT2D eigenvalue weighted by atomic mass is 9.70. The zero-order valence-corrected chi connectivity index (χ0v) is 18.2. The number of ether oxygens (including phenoxy) is 1. The summed E-state index contributed by atoms with van der Waals surface area (Å²) in [4.78, 5) is 30.7. The van der Waals surface area contributed by atoms with Gasteiger partial charge in [-0.05, 0) is 28.6 Å². The van der Waals surface area contributed by atoms with Gasteiger partial charge < -0.3 is 4.74 Å². The first kappa shape index (κ1) is 22.1. The van der Waals surface area contributed by atoms with Crippen molar-refractivity contribution in [3.05, 3.63) is 118 Å². The lowest BCUT2D eigenvalue weighted by Crippen LogP contribution is -2.52. The molecule has 166 valence electrons. The Morgan fingerprint density at radius 2 is 1.55 bits per heavy atom. The molecule has 1 saturated heterocycles. The lowest BCUT2D eigenvalue weighted by molar-refractivity contribution is -0.131. The smallest absolute Gasteiger partial charge is 0.416 e. The summed E-state index contributed by atoms with van der Waals surface area (Å²) in [5, 5.41) is 3.95. The van der Waals surface area contributed by atoms with Crippen LogP contribution in [0.15, 0.2) is 96.1 Å². The Bertz CT molecular complexity index is 1120. The third-order valence-electron chi connectivity index (χ3n) is 6.21. The second-order valence-electron chi connectivity index (χ2n) is 8.17. The molecule has 0 spiro atoms. The summed E-state index contributed by atoms with van der Waals surface area (Å²) in [5.41, 5.74) is 11.0. The number of imide groups is 1. The maximum atomic E-state index is 13.9. The topological polar surface area (TPSA) is 95.4 Å². The van der Waals surface area contributed by atoms with Crippen molar-refractivity contribution in [1.29, 1.82) is 0 Å². The highest BCUT2D eigenvalue weighted by molar-refractivity contribution is 5.98. The van der Waals surface area contributed by atoms with Crippen LogP contribution in [0.2, 0.25) is 0 Å². The van der Waals surface area contributed by atoms with Gasteiger partial charge in [-0.2, -0.15) is 0 Å². The summed E-state index contributed by atoms with van der Waals surface area (Å²) < 4.78 is 5.26. The molecular weight excluding hydrogens is 416 g/mol. The number of carbonyl (C=O) groups is 2. The van der Waals surface area contributed by atoms with Crippen LogP contribution in [0, 0.1) is 0 Å². The average molecular weight is 441 g/mol. The molecule has 7 heteroatoms. The first-order chi connectivity index (χ1) is 16.1. The van der Waals surface area contributed by atoms with Crippen LogP contribution in [0.3, 0.4) is 0 Å². The Balaban J connectivity index is 1.77. The fourth-order valence-corrected chi connectivity index (χ4v) is 4.41. The molecule has 3 aromatic carbocycles. The van der Waals surface area contributed by atoms with Gasteiger partial charge in [0.15, 0.2) is 0 Å². The minimum Gasteiger partial charge on any atom is -0.447 e. The molecule has 0 radical (unpaired) electrons. The van der Waals surface area contributed by atoms with Gasteiger partial charge in [-0.15, -0.1) is 0 Å². The van der Waals surface area contributed by atoms with Crippen LogP contribution >= 0.6 is 0 Å². The van der Waals surface area contributed by atoms with Crippen molar-refractivity contribution in [3.63, 3.8) is 0 Å². The molecule has 1 aliphatic heterocycles. The van der Waals surface area contributed by atoms with E-state index in [9.17, 15) is 15.1 Å². The van der Waals surface area contributed by atoms with E-state index in [1.54, 1.807) is 0 Å². The molecule has 1 fully saturated rings. The van der Waals surface area contributed by atoms with Crippen molar-refractivity contribution >= 4 is 12.0 Å². The molecule has 1 heterocycles. The molecule has 4 rings (SSSR count). The summed E-state index contributed by atoms with van der Waals surface area (Å²) in [6, 6.07) is 26.7. The number of hydrogen-bond acceptors (Lipinski definition) is 4. The number of cyclic esters (lactones) is 1. The van der Waals surface area contributed by atoms with Crippen molar-refractivity contribution in [2.75, 3.05) is 6.61 Å². The van der Waals surface area contributed by atoms with Crippen molar-refractivity contribution in [2.45, 2.75) is 30.8 Å². The Hall–Kier alpha value is -4.09. The van der Waals surface area contributed by atoms with E-state index >= 15 is 0 Å². The normalized spacial score (nSPS) is 16.6. The van der Waals surface area contributed by atoms with Crippen LogP contribution in [0.4, 0.5) is 4.79 Å². The lowest BCUT2D eigenvalue weighted by Gasteiger charge is -2.37. The minimum atomic E-state index is -1.20. The molecule has 0 aromatic heterocycles. The highest BCUT2D eigenvalue weighted by Crippen LogP contribution is 2.39. The van der Waals surface area contributed by atoms with Crippen LogP contribution in [0.1, 0.15) is 23.6 Å². The van der Waals surface area contributed by atoms with E-state index in [1.165, 1.54) is 0 Å². The molecule has 3 aromatic rings. The number of carbonyl (C=O) groups excluding carboxylic acids is 2. The number of azide groups is 1. The van der Waals surface area contributed by atoms with Crippen LogP contribution in [0.25, 0.3) is 10.4 Å². The van der Waals surface area contributed by atoms with Gasteiger partial charge in [0.25, 0.3) is 0 Å². The van der Waals surface area contributed by atoms with E-state index < -0.39 is 29.5 Å². The van der Waals surface area contributed by atoms with Gasteiger partial charge in [0.2, 0.25) is 5.91 Å².